The minimum atomic E-state index is -0.394. The van der Waals surface area contributed by atoms with E-state index in [1.165, 1.54) is 0 Å². The summed E-state index contributed by atoms with van der Waals surface area (Å²) in [6, 6.07) is 17.0. The average molecular weight is 728 g/mol. The molecule has 1 aliphatic carbocycles. The summed E-state index contributed by atoms with van der Waals surface area (Å²) in [5.74, 6) is 2.39. The van der Waals surface area contributed by atoms with E-state index < -0.39 is 6.03 Å². The molecule has 1 saturated heterocycles. The van der Waals surface area contributed by atoms with E-state index in [4.69, 9.17) is 31.8 Å². The van der Waals surface area contributed by atoms with Gasteiger partial charge < -0.3 is 30.3 Å². The van der Waals surface area contributed by atoms with Gasteiger partial charge >= 0.3 is 6.03 Å². The summed E-state index contributed by atoms with van der Waals surface area (Å²) in [5, 5.41) is 15.5. The number of urea groups is 1. The minimum absolute atomic E-state index is 0.189. The maximum Gasteiger partial charge on any atom is 0.320 e. The highest BCUT2D eigenvalue weighted by atomic mass is 35.5. The van der Waals surface area contributed by atoms with Gasteiger partial charge in [-0.15, -0.1) is 10.2 Å². The first-order valence-electron chi connectivity index (χ1n) is 17.9. The van der Waals surface area contributed by atoms with Crippen LogP contribution in [0.1, 0.15) is 76.7 Å². The topological polar surface area (TPSA) is 135 Å². The van der Waals surface area contributed by atoms with Crippen LogP contribution in [0.25, 0.3) is 5.65 Å². The number of nitrogens with zero attached hydrogens (tertiary/aromatic N) is 6. The molecule has 6 rings (SSSR count). The summed E-state index contributed by atoms with van der Waals surface area (Å²) >= 11 is 6.42. The molecule has 1 unspecified atom stereocenters. The Labute approximate surface area is 311 Å². The average Bonchev–Trinajstić information content (AvgIpc) is 3.71. The molecule has 52 heavy (non-hydrogen) atoms. The fourth-order valence-electron chi connectivity index (χ4n) is 6.46. The number of aliphatic imine (C=N–C) groups is 1. The lowest BCUT2D eigenvalue weighted by molar-refractivity contribution is 0.171. The summed E-state index contributed by atoms with van der Waals surface area (Å²) in [6.45, 7) is 10.4. The number of anilines is 1. The van der Waals surface area contributed by atoms with Crippen molar-refractivity contribution in [3.63, 3.8) is 0 Å². The molecule has 1 aliphatic heterocycles. The molecule has 0 spiro atoms. The fourth-order valence-corrected chi connectivity index (χ4v) is 6.63. The number of halogens is 1. The van der Waals surface area contributed by atoms with Crippen molar-refractivity contribution in [3.8, 4) is 11.5 Å². The van der Waals surface area contributed by atoms with Gasteiger partial charge in [0.1, 0.15) is 30.0 Å². The predicted octanol–water partition coefficient (Wildman–Crippen LogP) is 7.18. The van der Waals surface area contributed by atoms with Gasteiger partial charge in [-0.2, -0.15) is 0 Å². The number of pyridine rings is 1. The number of nitrogens with two attached hydrogens (primary N) is 1. The van der Waals surface area contributed by atoms with Crippen molar-refractivity contribution in [1.29, 1.82) is 0 Å². The van der Waals surface area contributed by atoms with E-state index in [1.54, 1.807) is 24.3 Å². The molecule has 0 saturated carbocycles. The second-order valence-corrected chi connectivity index (χ2v) is 15.3. The van der Waals surface area contributed by atoms with Gasteiger partial charge in [-0.05, 0) is 82.1 Å². The van der Waals surface area contributed by atoms with Crippen molar-refractivity contribution < 1.29 is 14.3 Å². The Hall–Kier alpha value is -4.81. The third kappa shape index (κ3) is 8.79. The number of allylic oxidation sites excluding steroid dienone is 1. The zero-order valence-corrected chi connectivity index (χ0v) is 31.7. The Kier molecular flexibility index (Phi) is 11.3. The van der Waals surface area contributed by atoms with Gasteiger partial charge in [0.15, 0.2) is 5.65 Å². The molecule has 3 heterocycles. The lowest BCUT2D eigenvalue weighted by Gasteiger charge is -2.32. The van der Waals surface area contributed by atoms with E-state index in [0.29, 0.717) is 53.5 Å². The van der Waals surface area contributed by atoms with Gasteiger partial charge in [0.2, 0.25) is 5.95 Å². The highest BCUT2D eigenvalue weighted by molar-refractivity contribution is 6.32. The van der Waals surface area contributed by atoms with Gasteiger partial charge in [0, 0.05) is 42.4 Å². The van der Waals surface area contributed by atoms with Crippen molar-refractivity contribution in [2.75, 3.05) is 38.7 Å². The van der Waals surface area contributed by atoms with Crippen LogP contribution in [-0.2, 0) is 0 Å². The summed E-state index contributed by atoms with van der Waals surface area (Å²) in [7, 11) is 3.95. The number of carbonyl (C=O) groups is 1. The molecule has 0 radical (unpaired) electrons. The van der Waals surface area contributed by atoms with Crippen molar-refractivity contribution in [1.82, 2.24) is 30.1 Å². The smallest absolute Gasteiger partial charge is 0.320 e. The molecule has 13 heteroatoms. The lowest BCUT2D eigenvalue weighted by Crippen LogP contribution is -2.42. The molecule has 1 fully saturated rings. The highest BCUT2D eigenvalue weighted by Crippen LogP contribution is 2.39. The van der Waals surface area contributed by atoms with Gasteiger partial charge in [-0.25, -0.2) is 9.79 Å². The van der Waals surface area contributed by atoms with Crippen molar-refractivity contribution in [2.24, 2.45) is 16.1 Å². The van der Waals surface area contributed by atoms with E-state index in [2.05, 4.69) is 38.7 Å². The number of hydrogen-bond donors (Lipinski definition) is 3. The van der Waals surface area contributed by atoms with Crippen LogP contribution in [0, 0.1) is 5.41 Å². The number of hydrogen-bond acceptors (Lipinski definition) is 9. The summed E-state index contributed by atoms with van der Waals surface area (Å²) in [4.78, 5) is 22.7. The number of aromatic nitrogens is 3. The zero-order valence-electron chi connectivity index (χ0n) is 30.9. The number of amides is 2. The highest BCUT2D eigenvalue weighted by Gasteiger charge is 2.30. The fraction of sp³-hybridized carbons (Fsp3) is 0.436. The Morgan fingerprint density at radius 1 is 1.10 bits per heavy atom. The van der Waals surface area contributed by atoms with Crippen LogP contribution in [0.3, 0.4) is 0 Å². The SMILES string of the molecule is C[C@@H]1CCCN1c1nnc2ccc(O[C@@H]3CCC(NC(=O)NC(C=C(N)C(C)(C)C)=Nc4ccc(Cl)c(OCCN(C)C)c4)c4ccccc43)cn12. The number of fused-ring (bicyclic) bond motifs is 2. The molecule has 4 aromatic rings. The molecule has 12 nitrogen and oxygen atoms in total. The van der Waals surface area contributed by atoms with Crippen LogP contribution in [0.2, 0.25) is 5.02 Å². The maximum absolute atomic E-state index is 13.6. The molecule has 2 aliphatic rings. The van der Waals surface area contributed by atoms with E-state index in [9.17, 15) is 4.79 Å². The second-order valence-electron chi connectivity index (χ2n) is 14.9. The Balaban J connectivity index is 1.18. The van der Waals surface area contributed by atoms with E-state index in [-0.39, 0.29) is 17.6 Å². The predicted molar refractivity (Wildman–Crippen MR) is 207 cm³/mol. The van der Waals surface area contributed by atoms with Crippen LogP contribution >= 0.6 is 11.6 Å². The molecule has 0 bridgehead atoms. The van der Waals surface area contributed by atoms with Crippen LogP contribution in [0.5, 0.6) is 11.5 Å². The number of ether oxygens (including phenoxy) is 2. The van der Waals surface area contributed by atoms with Crippen LogP contribution in [0.4, 0.5) is 16.4 Å². The number of nitrogens with one attached hydrogen (secondary N) is 2. The number of amidine groups is 1. The standard InChI is InChI=1S/C39H50ClN9O3/c1-25-10-9-19-48(25)38-46-45-36-18-14-27(24-49(36)38)52-32-17-16-31(28-11-7-8-12-29(28)32)43-37(50)44-35(23-34(41)39(2,3)4)42-26-13-15-30(40)33(22-26)51-21-20-47(5)6/h7-8,11-15,18,22-25,31-32H,9-10,16-17,19-21,41H2,1-6H3,(H2,42,43,44,50)/t25-,31?,32-/m1/s1. The Morgan fingerprint density at radius 3 is 2.62 bits per heavy atom. The summed E-state index contributed by atoms with van der Waals surface area (Å²) < 4.78 is 14.6. The Bertz CT molecular complexity index is 1950. The molecule has 276 valence electrons. The third-order valence-electron chi connectivity index (χ3n) is 9.55. The Morgan fingerprint density at radius 2 is 1.88 bits per heavy atom. The van der Waals surface area contributed by atoms with Crippen molar-refractivity contribution in [2.45, 2.75) is 71.6 Å². The molecule has 2 aromatic carbocycles. The van der Waals surface area contributed by atoms with Crippen molar-refractivity contribution >= 4 is 40.8 Å². The van der Waals surface area contributed by atoms with Crippen LogP contribution in [-0.4, -0.2) is 71.2 Å². The quantitative estimate of drug-likeness (QED) is 0.116. The second kappa shape index (κ2) is 15.8. The first kappa shape index (κ1) is 37.0. The number of likely N-dealkylation sites (N-methyl/N-ethyl adjacent to an activating group) is 1. The lowest BCUT2D eigenvalue weighted by atomic mass is 9.85. The third-order valence-corrected chi connectivity index (χ3v) is 9.86. The number of benzene rings is 2. The van der Waals surface area contributed by atoms with Gasteiger partial charge in [-0.1, -0.05) is 56.6 Å². The number of rotatable bonds is 10. The minimum Gasteiger partial charge on any atom is -0.491 e. The van der Waals surface area contributed by atoms with Gasteiger partial charge in [0.25, 0.3) is 0 Å². The molecule has 3 atom stereocenters. The summed E-state index contributed by atoms with van der Waals surface area (Å²) in [6.07, 6.45) is 7.16. The van der Waals surface area contributed by atoms with Crippen molar-refractivity contribution in [3.05, 3.63) is 88.7 Å². The molecular weight excluding hydrogens is 678 g/mol. The van der Waals surface area contributed by atoms with E-state index >= 15 is 0 Å². The first-order chi connectivity index (χ1) is 24.9. The van der Waals surface area contributed by atoms with Gasteiger partial charge in [-0.3, -0.25) is 9.72 Å². The van der Waals surface area contributed by atoms with Gasteiger partial charge in [0.05, 0.1) is 22.9 Å². The van der Waals surface area contributed by atoms with Crippen LogP contribution < -0.4 is 30.7 Å². The zero-order chi connectivity index (χ0) is 37.0. The summed E-state index contributed by atoms with van der Waals surface area (Å²) in [5.41, 5.74) is 10.1. The molecule has 4 N–H and O–H groups in total. The largest absolute Gasteiger partial charge is 0.491 e. The van der Waals surface area contributed by atoms with E-state index in [1.807, 2.05) is 80.7 Å². The molecule has 2 amide bonds. The normalized spacial score (nSPS) is 19.5. The molecule has 2 aromatic heterocycles. The van der Waals surface area contributed by atoms with Crippen LogP contribution in [0.15, 0.2) is 77.6 Å². The first-order valence-corrected chi connectivity index (χ1v) is 18.3. The monoisotopic (exact) mass is 727 g/mol. The maximum atomic E-state index is 13.6. The number of carbonyl (C=O) groups excluding carboxylic acids is 1. The molecular formula is C39H50ClN9O3. The van der Waals surface area contributed by atoms with E-state index in [0.717, 1.165) is 54.4 Å².